The number of carbonyl (C=O) groups excluding carboxylic acids is 2. The molecule has 0 spiro atoms. The lowest BCUT2D eigenvalue weighted by atomic mass is 9.68. The van der Waals surface area contributed by atoms with E-state index in [0.717, 1.165) is 28.0 Å². The fourth-order valence-electron chi connectivity index (χ4n) is 9.46. The minimum atomic E-state index is -3.84. The summed E-state index contributed by atoms with van der Waals surface area (Å²) in [6.45, 7) is 1.49. The average Bonchev–Trinajstić information content (AvgIpc) is 3.81. The highest BCUT2D eigenvalue weighted by atomic mass is 32.2. The Labute approximate surface area is 444 Å². The first-order chi connectivity index (χ1) is 37.5. The van der Waals surface area contributed by atoms with Crippen molar-refractivity contribution in [1.29, 1.82) is 0 Å². The Morgan fingerprint density at radius 3 is 1.14 bits per heavy atom. The van der Waals surface area contributed by atoms with Gasteiger partial charge in [-0.3, -0.25) is 19.5 Å². The van der Waals surface area contributed by atoms with Crippen LogP contribution in [0.3, 0.4) is 0 Å². The van der Waals surface area contributed by atoms with Crippen LogP contribution in [0.1, 0.15) is 49.9 Å². The second-order valence-corrected chi connectivity index (χ2v) is 20.0. The molecule has 1 aliphatic rings. The van der Waals surface area contributed by atoms with Crippen molar-refractivity contribution >= 4 is 21.6 Å². The van der Waals surface area contributed by atoms with E-state index in [1.165, 1.54) is 65.6 Å². The smallest absolute Gasteiger partial charge is 0.386 e. The third-order valence-electron chi connectivity index (χ3n) is 13.3. The summed E-state index contributed by atoms with van der Waals surface area (Å²) < 4.78 is 44.0. The minimum Gasteiger partial charge on any atom is -0.497 e. The van der Waals surface area contributed by atoms with Gasteiger partial charge in [0.2, 0.25) is 9.84 Å². The van der Waals surface area contributed by atoms with E-state index < -0.39 is 21.2 Å². The molecule has 11 rings (SSSR count). The lowest BCUT2D eigenvalue weighted by Crippen LogP contribution is -2.28. The van der Waals surface area contributed by atoms with Crippen LogP contribution in [0.25, 0.3) is 22.3 Å². The first kappa shape index (κ1) is 49.3. The van der Waals surface area contributed by atoms with Crippen molar-refractivity contribution in [3.05, 3.63) is 276 Å². The van der Waals surface area contributed by atoms with Crippen molar-refractivity contribution in [1.82, 2.24) is 0 Å². The van der Waals surface area contributed by atoms with Crippen LogP contribution in [0.4, 0.5) is 0 Å². The summed E-state index contributed by atoms with van der Waals surface area (Å²) in [6, 6.07) is 73.0. The van der Waals surface area contributed by atoms with Crippen molar-refractivity contribution in [3.63, 3.8) is 0 Å². The van der Waals surface area contributed by atoms with Gasteiger partial charge in [-0.25, -0.2) is 18.1 Å². The molecule has 0 N–H and O–H groups in total. The molecule has 0 aromatic heterocycles. The van der Waals surface area contributed by atoms with Gasteiger partial charge in [-0.05, 0) is 197 Å². The molecule has 11 nitrogen and oxygen atoms in total. The number of ketones is 1. The Morgan fingerprint density at radius 2 is 0.727 bits per heavy atom. The van der Waals surface area contributed by atoms with Crippen LogP contribution < -0.4 is 28.9 Å². The predicted molar refractivity (Wildman–Crippen MR) is 291 cm³/mol. The average molecular weight is 1040 g/mol. The molecule has 0 unspecified atom stereocenters. The number of rotatable bonds is 17. The maximum absolute atomic E-state index is 13.4. The van der Waals surface area contributed by atoms with Gasteiger partial charge < -0.3 is 14.2 Å². The number of sulfone groups is 1. The van der Waals surface area contributed by atoms with Gasteiger partial charge in [-0.2, -0.15) is 0 Å². The Kier molecular flexibility index (Phi) is 13.5. The summed E-state index contributed by atoms with van der Waals surface area (Å²) in [5, 5.41) is 0. The number of hydrogen-bond donors (Lipinski definition) is 0. The number of Topliss-reactive ketones (excluding diaryl/α,β-unsaturated/α-hetero) is 1. The van der Waals surface area contributed by atoms with Crippen LogP contribution >= 0.6 is 0 Å². The summed E-state index contributed by atoms with van der Waals surface area (Å²) in [4.78, 5) is 46.7. The molecule has 0 heterocycles. The summed E-state index contributed by atoms with van der Waals surface area (Å²) in [5.74, 6) is 3.17. The molecule has 0 atom stereocenters. The van der Waals surface area contributed by atoms with Crippen LogP contribution in [0.5, 0.6) is 46.0 Å². The van der Waals surface area contributed by atoms with Crippen LogP contribution in [0.15, 0.2) is 252 Å². The van der Waals surface area contributed by atoms with Gasteiger partial charge in [-0.1, -0.05) is 97.1 Å². The molecule has 0 aliphatic heterocycles. The van der Waals surface area contributed by atoms with Gasteiger partial charge in [0.25, 0.3) is 0 Å². The van der Waals surface area contributed by atoms with Gasteiger partial charge in [0.15, 0.2) is 23.0 Å². The highest BCUT2D eigenvalue weighted by molar-refractivity contribution is 7.91. The third kappa shape index (κ3) is 10.1. The fourth-order valence-corrected chi connectivity index (χ4v) is 10.7. The molecule has 1 aliphatic carbocycles. The van der Waals surface area contributed by atoms with Gasteiger partial charge >= 0.3 is 5.97 Å². The van der Waals surface area contributed by atoms with E-state index in [4.69, 9.17) is 33.8 Å². The van der Waals surface area contributed by atoms with E-state index in [1.54, 1.807) is 79.9 Å². The molecule has 0 fully saturated rings. The second kappa shape index (κ2) is 21.1. The molecule has 0 radical (unpaired) electrons. The summed E-state index contributed by atoms with van der Waals surface area (Å²) in [7, 11) is -2.17. The topological polar surface area (TPSA) is 133 Å². The van der Waals surface area contributed by atoms with Crippen molar-refractivity contribution in [2.75, 3.05) is 7.11 Å². The summed E-state index contributed by atoms with van der Waals surface area (Å²) in [6.07, 6.45) is 0. The second-order valence-electron chi connectivity index (χ2n) is 18.0. The zero-order valence-corrected chi connectivity index (χ0v) is 42.3. The molecule has 378 valence electrons. The Balaban J connectivity index is 0.660. The predicted octanol–water partition coefficient (Wildman–Crippen LogP) is 14.9. The molecule has 0 amide bonds. The van der Waals surface area contributed by atoms with Crippen molar-refractivity contribution in [2.45, 2.75) is 22.1 Å². The van der Waals surface area contributed by atoms with Gasteiger partial charge in [-0.15, -0.1) is 0 Å². The SMILES string of the molecule is COc1ccc(C2(c3ccc(OOc4ccc(-c5ccc(OOC(=O)c6ccc(Oc7ccc(S(=O)(=O)c8ccc(Oc9ccc(C(C)=O)cc9)cc8)cc7)cc6)cc5)cc4)cc3)c3ccccc3-c3ccccc32)cc1. The molecule has 77 heavy (non-hydrogen) atoms. The number of ether oxygens (including phenoxy) is 3. The van der Waals surface area contributed by atoms with E-state index in [1.807, 2.05) is 60.7 Å². The maximum atomic E-state index is 13.4. The maximum Gasteiger partial charge on any atom is 0.386 e. The normalized spacial score (nSPS) is 12.1. The van der Waals surface area contributed by atoms with E-state index in [-0.39, 0.29) is 21.1 Å². The zero-order chi connectivity index (χ0) is 52.9. The number of benzene rings is 10. The van der Waals surface area contributed by atoms with Gasteiger partial charge in [0.1, 0.15) is 28.7 Å². The van der Waals surface area contributed by atoms with E-state index in [9.17, 15) is 18.0 Å². The molecule has 12 heteroatoms. The van der Waals surface area contributed by atoms with Gasteiger partial charge in [0.05, 0.1) is 27.9 Å². The number of methoxy groups -OCH3 is 1. The molecular weight excluding hydrogens is 989 g/mol. The highest BCUT2D eigenvalue weighted by Gasteiger charge is 2.46. The monoisotopic (exact) mass is 1030 g/mol. The van der Waals surface area contributed by atoms with E-state index in [0.29, 0.717) is 45.8 Å². The summed E-state index contributed by atoms with van der Waals surface area (Å²) >= 11 is 0. The van der Waals surface area contributed by atoms with Crippen molar-refractivity contribution in [2.24, 2.45) is 0 Å². The molecule has 0 bridgehead atoms. The van der Waals surface area contributed by atoms with Crippen LogP contribution in [0.2, 0.25) is 0 Å². The number of carbonyl (C=O) groups is 2. The number of hydrogen-bond acceptors (Lipinski definition) is 11. The Morgan fingerprint density at radius 1 is 0.377 bits per heavy atom. The Bertz CT molecular complexity index is 3800. The Hall–Kier alpha value is -9.91. The quantitative estimate of drug-likeness (QED) is 0.0490. The molecular formula is C65H46O11S. The van der Waals surface area contributed by atoms with Crippen molar-refractivity contribution in [3.8, 4) is 68.2 Å². The third-order valence-corrected chi connectivity index (χ3v) is 15.1. The van der Waals surface area contributed by atoms with Crippen molar-refractivity contribution < 1.29 is 51.8 Å². The van der Waals surface area contributed by atoms with Crippen LogP contribution in [-0.2, 0) is 20.1 Å². The standard InChI is InChI=1S/C65H46O11S/c1-43(66)44-11-23-51(24-12-44)71-53-35-39-58(40-36-53)77(68,69)59-41-37-54(38-42-59)72-52-25-17-47(18-26-52)64(67)76-75-56-29-15-46(16-30-56)45-13-27-55(28-14-45)73-74-57-33-21-49(22-34-57)65(48-19-31-50(70-2)32-20-48)62-9-5-3-7-60(62)61-8-4-6-10-63(61)65/h3-42H,1-2H3. The van der Waals surface area contributed by atoms with Crippen LogP contribution in [0, 0.1) is 0 Å². The minimum absolute atomic E-state index is 0.0513. The molecule has 10 aromatic carbocycles. The van der Waals surface area contributed by atoms with E-state index in [2.05, 4.69) is 72.8 Å². The molecule has 0 saturated carbocycles. The largest absolute Gasteiger partial charge is 0.497 e. The number of fused-ring (bicyclic) bond motifs is 3. The first-order valence-electron chi connectivity index (χ1n) is 24.5. The highest BCUT2D eigenvalue weighted by Crippen LogP contribution is 2.56. The molecule has 10 aromatic rings. The zero-order valence-electron chi connectivity index (χ0n) is 41.5. The van der Waals surface area contributed by atoms with Crippen LogP contribution in [-0.4, -0.2) is 27.3 Å². The first-order valence-corrected chi connectivity index (χ1v) is 25.9. The lowest BCUT2D eigenvalue weighted by Gasteiger charge is -2.34. The fraction of sp³-hybridized carbons (Fsp3) is 0.0462. The molecule has 0 saturated heterocycles. The van der Waals surface area contributed by atoms with Gasteiger partial charge in [0, 0.05) is 5.56 Å². The summed E-state index contributed by atoms with van der Waals surface area (Å²) in [5.41, 5.74) is 9.09. The van der Waals surface area contributed by atoms with E-state index >= 15 is 0 Å². The lowest BCUT2D eigenvalue weighted by molar-refractivity contribution is -0.149.